The zero-order chi connectivity index (χ0) is 15.4. The summed E-state index contributed by atoms with van der Waals surface area (Å²) in [7, 11) is 0. The molecule has 0 bridgehead atoms. The van der Waals surface area contributed by atoms with E-state index in [-0.39, 0.29) is 5.78 Å². The van der Waals surface area contributed by atoms with Crippen molar-refractivity contribution in [3.05, 3.63) is 64.1 Å². The summed E-state index contributed by atoms with van der Waals surface area (Å²) in [5.41, 5.74) is 4.61. The van der Waals surface area contributed by atoms with E-state index in [0.29, 0.717) is 5.75 Å². The summed E-state index contributed by atoms with van der Waals surface area (Å²) >= 11 is 6.29. The molecule has 0 radical (unpaired) electrons. The Morgan fingerprint density at radius 2 is 1.68 bits per heavy atom. The summed E-state index contributed by atoms with van der Waals surface area (Å²) < 4.78 is 1.87. The molecule has 0 spiro atoms. The second-order valence-electron chi connectivity index (χ2n) is 4.50. The third-order valence-corrected chi connectivity index (χ3v) is 5.44. The van der Waals surface area contributed by atoms with Crippen LogP contribution in [0.2, 0.25) is 0 Å². The van der Waals surface area contributed by atoms with E-state index in [1.54, 1.807) is 5.51 Å². The van der Waals surface area contributed by atoms with Gasteiger partial charge in [0, 0.05) is 10.0 Å². The van der Waals surface area contributed by atoms with Crippen LogP contribution in [0.15, 0.2) is 62.9 Å². The summed E-state index contributed by atoms with van der Waals surface area (Å²) in [6.07, 6.45) is 0. The van der Waals surface area contributed by atoms with Gasteiger partial charge < -0.3 is 0 Å². The van der Waals surface area contributed by atoms with Crippen molar-refractivity contribution in [3.8, 4) is 11.1 Å². The summed E-state index contributed by atoms with van der Waals surface area (Å²) in [4.78, 5) is 12.2. The Balaban J connectivity index is 1.68. The van der Waals surface area contributed by atoms with E-state index in [1.807, 2.05) is 48.5 Å². The average molecular weight is 391 g/mol. The van der Waals surface area contributed by atoms with Gasteiger partial charge in [0.1, 0.15) is 5.51 Å². The number of aromatic nitrogens is 2. The maximum Gasteiger partial charge on any atom is 0.174 e. The Morgan fingerprint density at radius 3 is 2.27 bits per heavy atom. The van der Waals surface area contributed by atoms with Crippen LogP contribution in [-0.4, -0.2) is 21.7 Å². The number of halogens is 1. The molecule has 22 heavy (non-hydrogen) atoms. The van der Waals surface area contributed by atoms with Gasteiger partial charge in [0.25, 0.3) is 0 Å². The van der Waals surface area contributed by atoms with Gasteiger partial charge in [0.2, 0.25) is 0 Å². The van der Waals surface area contributed by atoms with E-state index in [1.165, 1.54) is 23.1 Å². The van der Waals surface area contributed by atoms with E-state index < -0.39 is 0 Å². The van der Waals surface area contributed by atoms with Crippen LogP contribution < -0.4 is 0 Å². The molecule has 0 atom stereocenters. The third-order valence-electron chi connectivity index (χ3n) is 3.05. The molecule has 2 aromatic carbocycles. The van der Waals surface area contributed by atoms with Crippen molar-refractivity contribution in [1.82, 2.24) is 10.2 Å². The molecule has 0 fully saturated rings. The van der Waals surface area contributed by atoms with Gasteiger partial charge >= 0.3 is 0 Å². The van der Waals surface area contributed by atoms with Crippen molar-refractivity contribution in [2.45, 2.75) is 4.34 Å². The first-order valence-electron chi connectivity index (χ1n) is 6.50. The fourth-order valence-electron chi connectivity index (χ4n) is 1.93. The van der Waals surface area contributed by atoms with Crippen molar-refractivity contribution < 1.29 is 4.79 Å². The van der Waals surface area contributed by atoms with Crippen LogP contribution >= 0.6 is 39.0 Å². The number of benzene rings is 2. The van der Waals surface area contributed by atoms with Gasteiger partial charge in [-0.25, -0.2) is 0 Å². The Morgan fingerprint density at radius 1 is 1.05 bits per heavy atom. The Kier molecular flexibility index (Phi) is 5.02. The Hall–Kier alpha value is -1.50. The fraction of sp³-hybridized carbons (Fsp3) is 0.0625. The molecule has 0 saturated heterocycles. The highest BCUT2D eigenvalue weighted by Gasteiger charge is 2.08. The SMILES string of the molecule is O=C(CSc1nncs1)c1ccc(-c2ccc(Br)cc2)cc1. The lowest BCUT2D eigenvalue weighted by atomic mass is 10.0. The highest BCUT2D eigenvalue weighted by Crippen LogP contribution is 2.24. The van der Waals surface area contributed by atoms with Crippen LogP contribution in [0.5, 0.6) is 0 Å². The first-order chi connectivity index (χ1) is 10.7. The second kappa shape index (κ2) is 7.17. The van der Waals surface area contributed by atoms with Crippen molar-refractivity contribution in [2.24, 2.45) is 0 Å². The van der Waals surface area contributed by atoms with Gasteiger partial charge in [-0.2, -0.15) is 0 Å². The molecule has 0 unspecified atom stereocenters. The number of thioether (sulfide) groups is 1. The molecule has 0 saturated carbocycles. The minimum atomic E-state index is 0.0996. The molecular formula is C16H11BrN2OS2. The van der Waals surface area contributed by atoms with Crippen LogP contribution in [0.1, 0.15) is 10.4 Å². The molecule has 0 aliphatic heterocycles. The van der Waals surface area contributed by atoms with Crippen LogP contribution in [0.4, 0.5) is 0 Å². The molecule has 3 rings (SSSR count). The van der Waals surface area contributed by atoms with Crippen LogP contribution in [0, 0.1) is 0 Å². The fourth-order valence-corrected chi connectivity index (χ4v) is 3.57. The maximum absolute atomic E-state index is 12.2. The molecule has 0 N–H and O–H groups in total. The van der Waals surface area contributed by atoms with Crippen molar-refractivity contribution in [1.29, 1.82) is 0 Å². The summed E-state index contributed by atoms with van der Waals surface area (Å²) in [5.74, 6) is 0.481. The second-order valence-corrected chi connectivity index (χ2v) is 7.47. The Labute approximate surface area is 144 Å². The van der Waals surface area contributed by atoms with Gasteiger partial charge in [0.15, 0.2) is 10.1 Å². The predicted octanol–water partition coefficient (Wildman–Crippen LogP) is 4.94. The van der Waals surface area contributed by atoms with Crippen LogP contribution in [0.25, 0.3) is 11.1 Å². The minimum Gasteiger partial charge on any atom is -0.293 e. The number of nitrogens with zero attached hydrogens (tertiary/aromatic N) is 2. The third kappa shape index (κ3) is 3.82. The predicted molar refractivity (Wildman–Crippen MR) is 94.5 cm³/mol. The lowest BCUT2D eigenvalue weighted by Gasteiger charge is -2.04. The molecule has 1 heterocycles. The van der Waals surface area contributed by atoms with E-state index in [2.05, 4.69) is 26.1 Å². The van der Waals surface area contributed by atoms with Gasteiger partial charge in [-0.3, -0.25) is 4.79 Å². The standard InChI is InChI=1S/C16H11BrN2OS2/c17-14-7-5-12(6-8-14)11-1-3-13(4-2-11)15(20)9-21-16-19-18-10-22-16/h1-8,10H,9H2. The molecular weight excluding hydrogens is 380 g/mol. The van der Waals surface area contributed by atoms with E-state index in [0.717, 1.165) is 25.5 Å². The quantitative estimate of drug-likeness (QED) is 0.456. The lowest BCUT2D eigenvalue weighted by molar-refractivity contribution is 0.102. The monoisotopic (exact) mass is 390 g/mol. The molecule has 0 aliphatic rings. The largest absolute Gasteiger partial charge is 0.293 e. The van der Waals surface area contributed by atoms with E-state index in [9.17, 15) is 4.79 Å². The zero-order valence-electron chi connectivity index (χ0n) is 11.4. The van der Waals surface area contributed by atoms with E-state index in [4.69, 9.17) is 0 Å². The highest BCUT2D eigenvalue weighted by molar-refractivity contribution is 9.10. The number of hydrogen-bond acceptors (Lipinski definition) is 5. The normalized spacial score (nSPS) is 10.6. The number of rotatable bonds is 5. The zero-order valence-corrected chi connectivity index (χ0v) is 14.6. The molecule has 0 amide bonds. The Bertz CT molecular complexity index is 756. The topological polar surface area (TPSA) is 42.9 Å². The van der Waals surface area contributed by atoms with Crippen molar-refractivity contribution in [2.75, 3.05) is 5.75 Å². The lowest BCUT2D eigenvalue weighted by Crippen LogP contribution is -2.01. The molecule has 3 nitrogen and oxygen atoms in total. The van der Waals surface area contributed by atoms with Gasteiger partial charge in [-0.1, -0.05) is 75.4 Å². The smallest absolute Gasteiger partial charge is 0.174 e. The number of carbonyl (C=O) groups is 1. The maximum atomic E-state index is 12.2. The molecule has 110 valence electrons. The number of ketones is 1. The van der Waals surface area contributed by atoms with Gasteiger partial charge in [-0.05, 0) is 23.3 Å². The van der Waals surface area contributed by atoms with Crippen molar-refractivity contribution >= 4 is 44.8 Å². The molecule has 0 aliphatic carbocycles. The summed E-state index contributed by atoms with van der Waals surface area (Å²) in [5, 5.41) is 7.68. The molecule has 1 aromatic heterocycles. The first kappa shape index (κ1) is 15.4. The summed E-state index contributed by atoms with van der Waals surface area (Å²) in [6.45, 7) is 0. The summed E-state index contributed by atoms with van der Waals surface area (Å²) in [6, 6.07) is 15.8. The molecule has 6 heteroatoms. The van der Waals surface area contributed by atoms with Gasteiger partial charge in [-0.15, -0.1) is 10.2 Å². The van der Waals surface area contributed by atoms with Crippen LogP contribution in [0.3, 0.4) is 0 Å². The van der Waals surface area contributed by atoms with E-state index >= 15 is 0 Å². The van der Waals surface area contributed by atoms with Crippen molar-refractivity contribution in [3.63, 3.8) is 0 Å². The average Bonchev–Trinajstić information content (AvgIpc) is 3.07. The van der Waals surface area contributed by atoms with Gasteiger partial charge in [0.05, 0.1) is 5.75 Å². The minimum absolute atomic E-state index is 0.0996. The molecule has 3 aromatic rings. The number of Topliss-reactive ketones (excluding diaryl/α,β-unsaturated/α-hetero) is 1. The highest BCUT2D eigenvalue weighted by atomic mass is 79.9. The van der Waals surface area contributed by atoms with Crippen LogP contribution in [-0.2, 0) is 0 Å². The number of hydrogen-bond donors (Lipinski definition) is 0. The number of carbonyl (C=O) groups excluding carboxylic acids is 1. The first-order valence-corrected chi connectivity index (χ1v) is 9.16.